The number of hydrazone groups is 1. The van der Waals surface area contributed by atoms with E-state index >= 15 is 0 Å². The van der Waals surface area contributed by atoms with Crippen molar-refractivity contribution in [3.05, 3.63) is 58.4 Å². The average molecular weight is 417 g/mol. The number of amides is 1. The molecule has 1 aliphatic heterocycles. The second kappa shape index (κ2) is 8.45. The average Bonchev–Trinajstić information content (AvgIpc) is 2.99. The van der Waals surface area contributed by atoms with Gasteiger partial charge in [0.15, 0.2) is 11.5 Å². The second-order valence-electron chi connectivity index (χ2n) is 6.20. The van der Waals surface area contributed by atoms with Crippen LogP contribution in [0.5, 0.6) is 11.5 Å². The number of methoxy groups -OCH3 is 1. The summed E-state index contributed by atoms with van der Waals surface area (Å²) < 4.78 is 23.9. The Morgan fingerprint density at radius 3 is 2.66 bits per heavy atom. The van der Waals surface area contributed by atoms with Crippen LogP contribution in [0.1, 0.15) is 25.8 Å². The minimum absolute atomic E-state index is 0.0949. The number of hydrogen-bond donors (Lipinski definition) is 0. The van der Waals surface area contributed by atoms with Crippen LogP contribution in [0.3, 0.4) is 0 Å². The number of esters is 1. The molecule has 6 nitrogen and oxygen atoms in total. The molecule has 8 heteroatoms. The van der Waals surface area contributed by atoms with E-state index in [0.717, 1.165) is 0 Å². The third kappa shape index (κ3) is 4.30. The van der Waals surface area contributed by atoms with Gasteiger partial charge in [0.05, 0.1) is 29.1 Å². The van der Waals surface area contributed by atoms with Gasteiger partial charge in [0, 0.05) is 6.42 Å². The van der Waals surface area contributed by atoms with Crippen molar-refractivity contribution in [1.82, 2.24) is 0 Å². The lowest BCUT2D eigenvalue weighted by Gasteiger charge is -2.12. The van der Waals surface area contributed by atoms with Crippen LogP contribution in [-0.2, 0) is 9.59 Å². The third-order valence-electron chi connectivity index (χ3n) is 4.22. The van der Waals surface area contributed by atoms with Gasteiger partial charge in [-0.15, -0.1) is 0 Å². The fourth-order valence-electron chi connectivity index (χ4n) is 2.70. The first kappa shape index (κ1) is 20.5. The lowest BCUT2D eigenvalue weighted by molar-refractivity contribution is -0.134. The van der Waals surface area contributed by atoms with Gasteiger partial charge in [0.1, 0.15) is 5.82 Å². The first-order valence-electron chi connectivity index (χ1n) is 8.79. The molecule has 1 amide bonds. The molecule has 0 radical (unpaired) electrons. The zero-order valence-corrected chi connectivity index (χ0v) is 16.8. The maximum Gasteiger partial charge on any atom is 0.311 e. The third-order valence-corrected chi connectivity index (χ3v) is 4.51. The molecule has 1 aliphatic rings. The number of hydrogen-bond acceptors (Lipinski definition) is 5. The van der Waals surface area contributed by atoms with Crippen molar-refractivity contribution >= 4 is 41.0 Å². The topological polar surface area (TPSA) is 68.2 Å². The van der Waals surface area contributed by atoms with Crippen LogP contribution in [0, 0.1) is 5.82 Å². The Morgan fingerprint density at radius 2 is 2.00 bits per heavy atom. The molecular weight excluding hydrogens is 399 g/mol. The van der Waals surface area contributed by atoms with Crippen LogP contribution in [0.25, 0.3) is 6.08 Å². The lowest BCUT2D eigenvalue weighted by atomic mass is 10.1. The van der Waals surface area contributed by atoms with Crippen molar-refractivity contribution in [3.8, 4) is 11.5 Å². The van der Waals surface area contributed by atoms with Crippen molar-refractivity contribution < 1.29 is 23.5 Å². The fourth-order valence-corrected chi connectivity index (χ4v) is 2.87. The number of carbonyl (C=O) groups is 2. The highest BCUT2D eigenvalue weighted by molar-refractivity contribution is 6.33. The van der Waals surface area contributed by atoms with E-state index in [0.29, 0.717) is 34.0 Å². The number of benzene rings is 2. The van der Waals surface area contributed by atoms with E-state index in [1.54, 1.807) is 38.1 Å². The number of carbonyl (C=O) groups excluding carboxylic acids is 2. The molecule has 0 N–H and O–H groups in total. The maximum absolute atomic E-state index is 13.4. The monoisotopic (exact) mass is 416 g/mol. The summed E-state index contributed by atoms with van der Waals surface area (Å²) in [5, 5.41) is 5.32. The second-order valence-corrected chi connectivity index (χ2v) is 6.60. The number of nitrogens with zero attached hydrogens (tertiary/aromatic N) is 2. The molecule has 1 heterocycles. The van der Waals surface area contributed by atoms with E-state index in [4.69, 9.17) is 21.1 Å². The van der Waals surface area contributed by atoms with Crippen molar-refractivity contribution in [3.63, 3.8) is 0 Å². The zero-order chi connectivity index (χ0) is 21.1. The van der Waals surface area contributed by atoms with E-state index in [9.17, 15) is 14.0 Å². The largest absolute Gasteiger partial charge is 0.493 e. The minimum Gasteiger partial charge on any atom is -0.493 e. The fraction of sp³-hybridized carbons (Fsp3) is 0.190. The van der Waals surface area contributed by atoms with Gasteiger partial charge >= 0.3 is 5.97 Å². The van der Waals surface area contributed by atoms with E-state index in [2.05, 4.69) is 5.10 Å². The van der Waals surface area contributed by atoms with Crippen molar-refractivity contribution in [2.75, 3.05) is 12.1 Å². The van der Waals surface area contributed by atoms with Gasteiger partial charge in [0.2, 0.25) is 0 Å². The van der Waals surface area contributed by atoms with Gasteiger partial charge in [-0.1, -0.05) is 24.6 Å². The smallest absolute Gasteiger partial charge is 0.311 e. The Morgan fingerprint density at radius 1 is 1.24 bits per heavy atom. The summed E-state index contributed by atoms with van der Waals surface area (Å²) in [5.41, 5.74) is 1.89. The van der Waals surface area contributed by atoms with Crippen LogP contribution < -0.4 is 14.5 Å². The van der Waals surface area contributed by atoms with Crippen molar-refractivity contribution in [1.29, 1.82) is 0 Å². The van der Waals surface area contributed by atoms with Crippen LogP contribution in [-0.4, -0.2) is 24.7 Å². The SMILES string of the molecule is CCC(=O)Oc1ccc(C=C2C(=O)N(c3ccc(F)c(Cl)c3)N=C2C)cc1OC. The predicted molar refractivity (Wildman–Crippen MR) is 109 cm³/mol. The highest BCUT2D eigenvalue weighted by atomic mass is 35.5. The van der Waals surface area contributed by atoms with Gasteiger partial charge in [0.25, 0.3) is 5.91 Å². The Kier molecular flexibility index (Phi) is 5.98. The van der Waals surface area contributed by atoms with Crippen LogP contribution in [0.2, 0.25) is 5.02 Å². The van der Waals surface area contributed by atoms with Crippen molar-refractivity contribution in [2.45, 2.75) is 20.3 Å². The number of ether oxygens (including phenoxy) is 2. The summed E-state index contributed by atoms with van der Waals surface area (Å²) in [6.45, 7) is 3.39. The molecule has 0 aliphatic carbocycles. The van der Waals surface area contributed by atoms with Crippen LogP contribution in [0.4, 0.5) is 10.1 Å². The molecule has 2 aromatic carbocycles. The Bertz CT molecular complexity index is 1050. The summed E-state index contributed by atoms with van der Waals surface area (Å²) in [6, 6.07) is 8.91. The Hall–Kier alpha value is -3.19. The van der Waals surface area contributed by atoms with Gasteiger partial charge < -0.3 is 9.47 Å². The number of anilines is 1. The van der Waals surface area contributed by atoms with Gasteiger partial charge in [-0.3, -0.25) is 9.59 Å². The van der Waals surface area contributed by atoms with Crippen LogP contribution in [0.15, 0.2) is 47.1 Å². The van der Waals surface area contributed by atoms with Crippen LogP contribution >= 0.6 is 11.6 Å². The van der Waals surface area contributed by atoms with E-state index in [1.807, 2.05) is 0 Å². The summed E-state index contributed by atoms with van der Waals surface area (Å²) in [7, 11) is 1.46. The molecule has 0 atom stereocenters. The highest BCUT2D eigenvalue weighted by Crippen LogP contribution is 2.31. The van der Waals surface area contributed by atoms with Gasteiger partial charge in [-0.05, 0) is 48.9 Å². The molecule has 0 unspecified atom stereocenters. The molecule has 0 bridgehead atoms. The molecule has 29 heavy (non-hydrogen) atoms. The van der Waals surface area contributed by atoms with E-state index in [1.165, 1.54) is 30.3 Å². The molecule has 0 saturated heterocycles. The molecule has 0 spiro atoms. The molecule has 2 aromatic rings. The first-order chi connectivity index (χ1) is 13.8. The number of halogens is 2. The summed E-state index contributed by atoms with van der Waals surface area (Å²) in [5.74, 6) is -0.660. The predicted octanol–water partition coefficient (Wildman–Crippen LogP) is 4.61. The highest BCUT2D eigenvalue weighted by Gasteiger charge is 2.29. The summed E-state index contributed by atoms with van der Waals surface area (Å²) >= 11 is 5.81. The number of rotatable bonds is 5. The minimum atomic E-state index is -0.575. The normalized spacial score (nSPS) is 14.9. The van der Waals surface area contributed by atoms with E-state index in [-0.39, 0.29) is 23.3 Å². The van der Waals surface area contributed by atoms with E-state index < -0.39 is 5.82 Å². The Labute approximate surface area is 172 Å². The Balaban J connectivity index is 1.90. The summed E-state index contributed by atoms with van der Waals surface area (Å²) in [6.07, 6.45) is 1.89. The maximum atomic E-state index is 13.4. The quantitative estimate of drug-likeness (QED) is 0.405. The molecule has 0 saturated carbocycles. The van der Waals surface area contributed by atoms with Gasteiger partial charge in [-0.25, -0.2) is 4.39 Å². The molecule has 3 rings (SSSR count). The molecular formula is C21H18ClFN2O4. The van der Waals surface area contributed by atoms with Gasteiger partial charge in [-0.2, -0.15) is 10.1 Å². The molecule has 0 fully saturated rings. The molecule has 150 valence electrons. The molecule has 0 aromatic heterocycles. The first-order valence-corrected chi connectivity index (χ1v) is 9.17. The standard InChI is InChI=1S/C21H18ClFN2O4/c1-4-20(26)29-18-8-5-13(10-19(18)28-3)9-15-12(2)24-25(21(15)27)14-6-7-17(23)16(22)11-14/h5-11H,4H2,1-3H3. The zero-order valence-electron chi connectivity index (χ0n) is 16.0. The lowest BCUT2D eigenvalue weighted by Crippen LogP contribution is -2.21. The summed E-state index contributed by atoms with van der Waals surface area (Å²) in [4.78, 5) is 24.4. The van der Waals surface area contributed by atoms with Crippen molar-refractivity contribution in [2.24, 2.45) is 5.10 Å².